The van der Waals surface area contributed by atoms with Crippen molar-refractivity contribution in [3.63, 3.8) is 0 Å². The Morgan fingerprint density at radius 1 is 0.971 bits per heavy atom. The van der Waals surface area contributed by atoms with E-state index >= 15 is 0 Å². The number of nitrogens with zero attached hydrogens (tertiary/aromatic N) is 3. The van der Waals surface area contributed by atoms with Gasteiger partial charge < -0.3 is 9.64 Å². The van der Waals surface area contributed by atoms with Gasteiger partial charge in [-0.15, -0.1) is 0 Å². The van der Waals surface area contributed by atoms with Gasteiger partial charge in [-0.2, -0.15) is 4.31 Å². The van der Waals surface area contributed by atoms with Crippen molar-refractivity contribution in [3.05, 3.63) is 54.1 Å². The minimum Gasteiger partial charge on any atom is -0.497 e. The summed E-state index contributed by atoms with van der Waals surface area (Å²) in [5, 5.41) is 0. The van der Waals surface area contributed by atoms with Crippen molar-refractivity contribution in [1.82, 2.24) is 14.1 Å². The molecular formula is C24H35N3O5S2. The Labute approximate surface area is 204 Å². The Morgan fingerprint density at radius 3 is 2.26 bits per heavy atom. The average molecular weight is 510 g/mol. The zero-order valence-corrected chi connectivity index (χ0v) is 22.0. The van der Waals surface area contributed by atoms with E-state index < -0.39 is 19.9 Å². The summed E-state index contributed by atoms with van der Waals surface area (Å²) in [4.78, 5) is 4.76. The van der Waals surface area contributed by atoms with Crippen molar-refractivity contribution >= 4 is 19.9 Å². The second-order valence-corrected chi connectivity index (χ2v) is 12.9. The van der Waals surface area contributed by atoms with Crippen molar-refractivity contribution in [3.8, 4) is 5.75 Å². The van der Waals surface area contributed by atoms with Crippen LogP contribution >= 0.6 is 0 Å². The second kappa shape index (κ2) is 11.2. The van der Waals surface area contributed by atoms with Gasteiger partial charge in [0.1, 0.15) is 5.75 Å². The number of ether oxygens (including phenoxy) is 1. The molecule has 1 aliphatic heterocycles. The number of hydrogen-bond donors (Lipinski definition) is 0. The monoisotopic (exact) mass is 509 g/mol. The van der Waals surface area contributed by atoms with E-state index in [-0.39, 0.29) is 10.9 Å². The zero-order chi connectivity index (χ0) is 24.9. The summed E-state index contributed by atoms with van der Waals surface area (Å²) in [5.74, 6) is 0.507. The molecule has 0 spiro atoms. The van der Waals surface area contributed by atoms with Gasteiger partial charge >= 0.3 is 0 Å². The lowest BCUT2D eigenvalue weighted by molar-refractivity contribution is 0.148. The van der Waals surface area contributed by atoms with Gasteiger partial charge in [-0.25, -0.2) is 16.8 Å². The molecule has 1 fully saturated rings. The minimum absolute atomic E-state index is 0.127. The molecule has 188 valence electrons. The van der Waals surface area contributed by atoms with Crippen LogP contribution in [-0.2, 0) is 26.4 Å². The molecule has 34 heavy (non-hydrogen) atoms. The van der Waals surface area contributed by atoms with Gasteiger partial charge in [-0.05, 0) is 50.7 Å². The highest BCUT2D eigenvalue weighted by molar-refractivity contribution is 7.90. The molecule has 2 aromatic rings. The van der Waals surface area contributed by atoms with Crippen LogP contribution in [0.4, 0.5) is 0 Å². The number of benzene rings is 2. The normalized spacial score (nSPS) is 16.3. The second-order valence-electron chi connectivity index (χ2n) is 8.99. The van der Waals surface area contributed by atoms with Gasteiger partial charge in [0, 0.05) is 51.1 Å². The van der Waals surface area contributed by atoms with Crippen LogP contribution in [0.15, 0.2) is 58.3 Å². The largest absolute Gasteiger partial charge is 0.497 e. The van der Waals surface area contributed by atoms with E-state index in [4.69, 9.17) is 4.74 Å². The van der Waals surface area contributed by atoms with Crippen LogP contribution in [0, 0.1) is 0 Å². The Balaban J connectivity index is 1.77. The molecule has 1 aliphatic rings. The first kappa shape index (κ1) is 26.6. The van der Waals surface area contributed by atoms with Gasteiger partial charge in [-0.1, -0.05) is 24.3 Å². The van der Waals surface area contributed by atoms with E-state index in [0.29, 0.717) is 56.2 Å². The maximum absolute atomic E-state index is 13.6. The Hall–Kier alpha value is -1.98. The molecule has 1 saturated heterocycles. The summed E-state index contributed by atoms with van der Waals surface area (Å²) in [6, 6.07) is 13.5. The van der Waals surface area contributed by atoms with Crippen LogP contribution in [0.5, 0.6) is 5.75 Å². The van der Waals surface area contributed by atoms with E-state index in [2.05, 4.69) is 4.90 Å². The van der Waals surface area contributed by atoms with Crippen LogP contribution in [0.3, 0.4) is 0 Å². The third kappa shape index (κ3) is 6.57. The molecule has 10 heteroatoms. The summed E-state index contributed by atoms with van der Waals surface area (Å²) >= 11 is 0. The van der Waals surface area contributed by atoms with Crippen LogP contribution in [-0.4, -0.2) is 90.6 Å². The molecule has 0 atom stereocenters. The molecule has 0 amide bonds. The molecule has 0 aromatic heterocycles. The smallest absolute Gasteiger partial charge is 0.243 e. The number of hydrogen-bond acceptors (Lipinski definition) is 7. The molecule has 8 nitrogen and oxygen atoms in total. The zero-order valence-electron chi connectivity index (χ0n) is 20.3. The lowest BCUT2D eigenvalue weighted by Crippen LogP contribution is -2.49. The topological polar surface area (TPSA) is 87.2 Å². The van der Waals surface area contributed by atoms with Crippen molar-refractivity contribution in [2.24, 2.45) is 0 Å². The maximum Gasteiger partial charge on any atom is 0.243 e. The number of piperidine rings is 1. The van der Waals surface area contributed by atoms with E-state index in [1.165, 1.54) is 13.4 Å². The fraction of sp³-hybridized carbons (Fsp3) is 0.500. The first-order chi connectivity index (χ1) is 16.0. The quantitative estimate of drug-likeness (QED) is 0.486. The van der Waals surface area contributed by atoms with Crippen LogP contribution in [0.1, 0.15) is 18.4 Å². The summed E-state index contributed by atoms with van der Waals surface area (Å²) < 4.78 is 58.4. The highest BCUT2D eigenvalue weighted by Crippen LogP contribution is 2.27. The molecule has 0 unspecified atom stereocenters. The van der Waals surface area contributed by atoms with Gasteiger partial charge in [0.15, 0.2) is 9.84 Å². The Bertz CT molecular complexity index is 1170. The van der Waals surface area contributed by atoms with E-state index in [1.807, 2.05) is 31.1 Å². The molecule has 0 saturated carbocycles. The van der Waals surface area contributed by atoms with Gasteiger partial charge in [0.25, 0.3) is 0 Å². The van der Waals surface area contributed by atoms with Gasteiger partial charge in [0.05, 0.1) is 16.9 Å². The lowest BCUT2D eigenvalue weighted by atomic mass is 10.0. The molecule has 1 heterocycles. The SMILES string of the molecule is COc1cccc(S(=O)(=O)N(CCN(C)C)C2CCN(Cc3ccccc3S(C)(=O)=O)CC2)c1. The maximum atomic E-state index is 13.6. The summed E-state index contributed by atoms with van der Waals surface area (Å²) in [6.45, 7) is 2.92. The van der Waals surface area contributed by atoms with Gasteiger partial charge in [-0.3, -0.25) is 4.90 Å². The minimum atomic E-state index is -3.70. The first-order valence-corrected chi connectivity index (χ1v) is 14.7. The predicted molar refractivity (Wildman–Crippen MR) is 133 cm³/mol. The molecular weight excluding hydrogens is 474 g/mol. The van der Waals surface area contributed by atoms with Crippen LogP contribution < -0.4 is 4.74 Å². The summed E-state index contributed by atoms with van der Waals surface area (Å²) in [6.07, 6.45) is 2.58. The predicted octanol–water partition coefficient (Wildman–Crippen LogP) is 2.32. The fourth-order valence-corrected chi connectivity index (χ4v) is 6.94. The van der Waals surface area contributed by atoms with Crippen molar-refractivity contribution in [2.75, 3.05) is 53.6 Å². The standard InChI is InChI=1S/C24H35N3O5S2/c1-25(2)16-17-27(34(30,31)23-10-7-9-22(18-23)32-3)21-12-14-26(15-13-21)19-20-8-5-6-11-24(20)33(4,28)29/h5-11,18,21H,12-17,19H2,1-4H3. The number of sulfone groups is 1. The fourth-order valence-electron chi connectivity index (χ4n) is 4.30. The summed E-state index contributed by atoms with van der Waals surface area (Å²) in [5.41, 5.74) is 0.775. The molecule has 0 N–H and O–H groups in total. The van der Waals surface area contributed by atoms with Crippen LogP contribution in [0.25, 0.3) is 0 Å². The van der Waals surface area contributed by atoms with Crippen molar-refractivity contribution < 1.29 is 21.6 Å². The lowest BCUT2D eigenvalue weighted by Gasteiger charge is -2.38. The Kier molecular flexibility index (Phi) is 8.75. The third-order valence-electron chi connectivity index (χ3n) is 6.15. The number of likely N-dealkylation sites (N-methyl/N-ethyl adjacent to an activating group) is 1. The molecule has 0 radical (unpaired) electrons. The van der Waals surface area contributed by atoms with Crippen molar-refractivity contribution in [2.45, 2.75) is 35.2 Å². The van der Waals surface area contributed by atoms with E-state index in [1.54, 1.807) is 40.7 Å². The molecule has 2 aromatic carbocycles. The third-order valence-corrected chi connectivity index (χ3v) is 9.29. The van der Waals surface area contributed by atoms with Crippen LogP contribution in [0.2, 0.25) is 0 Å². The van der Waals surface area contributed by atoms with Crippen molar-refractivity contribution in [1.29, 1.82) is 0 Å². The molecule has 3 rings (SSSR count). The number of sulfonamides is 1. The summed E-state index contributed by atoms with van der Waals surface area (Å²) in [7, 11) is -1.63. The molecule has 0 aliphatic carbocycles. The highest BCUT2D eigenvalue weighted by atomic mass is 32.2. The van der Waals surface area contributed by atoms with E-state index in [9.17, 15) is 16.8 Å². The van der Waals surface area contributed by atoms with Gasteiger partial charge in [0.2, 0.25) is 10.0 Å². The average Bonchev–Trinajstić information content (AvgIpc) is 2.79. The van der Waals surface area contributed by atoms with E-state index in [0.717, 1.165) is 5.56 Å². The Morgan fingerprint density at radius 2 is 1.65 bits per heavy atom. The number of likely N-dealkylation sites (tertiary alicyclic amines) is 1. The number of methoxy groups -OCH3 is 1. The highest BCUT2D eigenvalue weighted by Gasteiger charge is 2.34. The number of rotatable bonds is 10. The molecule has 0 bridgehead atoms. The first-order valence-electron chi connectivity index (χ1n) is 11.3.